The van der Waals surface area contributed by atoms with Crippen LogP contribution in [-0.4, -0.2) is 86.5 Å². The normalized spacial score (nSPS) is 15.2. The van der Waals surface area contributed by atoms with Gasteiger partial charge in [-0.25, -0.2) is 0 Å². The molecule has 1 saturated heterocycles. The van der Waals surface area contributed by atoms with Crippen molar-refractivity contribution in [3.05, 3.63) is 42.5 Å². The standard InChI is InChI=1S/C20H30N4O3/c1-4-8-21-19(25)15-23-9-11-24(12-10-23)16-20(26)22(2)14-17-6-5-7-18(13-17)27-3/h4-7,13H,1,8-12,14-16H2,2-3H3,(H,21,25). The predicted molar refractivity (Wildman–Crippen MR) is 106 cm³/mol. The number of piperazine rings is 1. The molecule has 0 saturated carbocycles. The molecule has 1 fully saturated rings. The van der Waals surface area contributed by atoms with Crippen LogP contribution in [0.4, 0.5) is 0 Å². The first-order valence-corrected chi connectivity index (χ1v) is 9.21. The lowest BCUT2D eigenvalue weighted by atomic mass is 10.2. The fourth-order valence-corrected chi connectivity index (χ4v) is 3.00. The van der Waals surface area contributed by atoms with Crippen molar-refractivity contribution >= 4 is 11.8 Å². The third-order valence-electron chi connectivity index (χ3n) is 4.61. The molecule has 1 aliphatic rings. The van der Waals surface area contributed by atoms with Crippen LogP contribution < -0.4 is 10.1 Å². The number of amides is 2. The van der Waals surface area contributed by atoms with E-state index >= 15 is 0 Å². The molecule has 0 aliphatic carbocycles. The SMILES string of the molecule is C=CCNC(=O)CN1CCN(CC(=O)N(C)Cc2cccc(OC)c2)CC1. The lowest BCUT2D eigenvalue weighted by molar-refractivity contribution is -0.132. The third-order valence-corrected chi connectivity index (χ3v) is 4.61. The molecule has 7 nitrogen and oxygen atoms in total. The summed E-state index contributed by atoms with van der Waals surface area (Å²) >= 11 is 0. The van der Waals surface area contributed by atoms with Crippen LogP contribution in [0.2, 0.25) is 0 Å². The highest BCUT2D eigenvalue weighted by Crippen LogP contribution is 2.14. The van der Waals surface area contributed by atoms with Gasteiger partial charge in [0.15, 0.2) is 0 Å². The molecule has 2 amide bonds. The maximum atomic E-state index is 12.5. The Kier molecular flexibility index (Phi) is 8.29. The Morgan fingerprint density at radius 1 is 1.22 bits per heavy atom. The molecule has 0 aromatic heterocycles. The smallest absolute Gasteiger partial charge is 0.236 e. The van der Waals surface area contributed by atoms with E-state index in [0.717, 1.165) is 37.5 Å². The number of benzene rings is 1. The molecule has 0 unspecified atom stereocenters. The molecular weight excluding hydrogens is 344 g/mol. The molecular formula is C20H30N4O3. The molecule has 0 radical (unpaired) electrons. The van der Waals surface area contributed by atoms with Gasteiger partial charge in [-0.3, -0.25) is 19.4 Å². The quantitative estimate of drug-likeness (QED) is 0.641. The van der Waals surface area contributed by atoms with Crippen LogP contribution in [-0.2, 0) is 16.1 Å². The summed E-state index contributed by atoms with van der Waals surface area (Å²) in [6, 6.07) is 7.75. The van der Waals surface area contributed by atoms with Gasteiger partial charge in [-0.2, -0.15) is 0 Å². The molecule has 1 heterocycles. The van der Waals surface area contributed by atoms with Crippen molar-refractivity contribution in [3.8, 4) is 5.75 Å². The van der Waals surface area contributed by atoms with Gasteiger partial charge in [0.25, 0.3) is 0 Å². The van der Waals surface area contributed by atoms with Gasteiger partial charge in [0, 0.05) is 46.3 Å². The number of hydrogen-bond acceptors (Lipinski definition) is 5. The number of carbonyl (C=O) groups excluding carboxylic acids is 2. The average molecular weight is 374 g/mol. The Hall–Kier alpha value is -2.38. The number of likely N-dealkylation sites (N-methyl/N-ethyl adjacent to an activating group) is 1. The van der Waals surface area contributed by atoms with Crippen molar-refractivity contribution < 1.29 is 14.3 Å². The highest BCUT2D eigenvalue weighted by molar-refractivity contribution is 5.78. The lowest BCUT2D eigenvalue weighted by Crippen LogP contribution is -2.51. The number of carbonyl (C=O) groups is 2. The molecule has 1 aromatic carbocycles. The summed E-state index contributed by atoms with van der Waals surface area (Å²) in [4.78, 5) is 30.3. The molecule has 148 valence electrons. The Balaban J connectivity index is 1.73. The summed E-state index contributed by atoms with van der Waals surface area (Å²) in [6.45, 7) is 8.57. The molecule has 1 aromatic rings. The van der Waals surface area contributed by atoms with Gasteiger partial charge in [-0.05, 0) is 17.7 Å². The van der Waals surface area contributed by atoms with Crippen molar-refractivity contribution in [1.82, 2.24) is 20.0 Å². The fourth-order valence-electron chi connectivity index (χ4n) is 3.00. The van der Waals surface area contributed by atoms with Crippen LogP contribution in [0, 0.1) is 0 Å². The molecule has 0 atom stereocenters. The van der Waals surface area contributed by atoms with Crippen molar-refractivity contribution in [2.45, 2.75) is 6.54 Å². The number of hydrogen-bond donors (Lipinski definition) is 1. The van der Waals surface area contributed by atoms with E-state index in [1.54, 1.807) is 18.1 Å². The number of methoxy groups -OCH3 is 1. The van der Waals surface area contributed by atoms with E-state index in [4.69, 9.17) is 4.74 Å². The molecule has 1 N–H and O–H groups in total. The van der Waals surface area contributed by atoms with E-state index in [2.05, 4.69) is 21.7 Å². The Morgan fingerprint density at radius 2 is 1.89 bits per heavy atom. The number of rotatable bonds is 9. The minimum Gasteiger partial charge on any atom is -0.497 e. The zero-order valence-corrected chi connectivity index (χ0v) is 16.3. The maximum absolute atomic E-state index is 12.5. The van der Waals surface area contributed by atoms with Gasteiger partial charge < -0.3 is 15.0 Å². The van der Waals surface area contributed by atoms with Crippen LogP contribution in [0.25, 0.3) is 0 Å². The van der Waals surface area contributed by atoms with E-state index in [0.29, 0.717) is 26.2 Å². The average Bonchev–Trinajstić information content (AvgIpc) is 2.68. The first-order chi connectivity index (χ1) is 13.0. The molecule has 0 spiro atoms. The summed E-state index contributed by atoms with van der Waals surface area (Å²) in [5.41, 5.74) is 1.04. The van der Waals surface area contributed by atoms with E-state index < -0.39 is 0 Å². The third kappa shape index (κ3) is 7.03. The highest BCUT2D eigenvalue weighted by Gasteiger charge is 2.21. The number of ether oxygens (including phenoxy) is 1. The van der Waals surface area contributed by atoms with Gasteiger partial charge in [-0.1, -0.05) is 18.2 Å². The molecule has 1 aliphatic heterocycles. The van der Waals surface area contributed by atoms with Crippen LogP contribution >= 0.6 is 0 Å². The second-order valence-electron chi connectivity index (χ2n) is 6.75. The van der Waals surface area contributed by atoms with Crippen LogP contribution in [0.1, 0.15) is 5.56 Å². The van der Waals surface area contributed by atoms with E-state index in [1.165, 1.54) is 0 Å². The maximum Gasteiger partial charge on any atom is 0.236 e. The molecule has 0 bridgehead atoms. The van der Waals surface area contributed by atoms with E-state index in [9.17, 15) is 9.59 Å². The van der Waals surface area contributed by atoms with Crippen molar-refractivity contribution in [3.63, 3.8) is 0 Å². The highest BCUT2D eigenvalue weighted by atomic mass is 16.5. The van der Waals surface area contributed by atoms with Crippen LogP contribution in [0.5, 0.6) is 5.75 Å². The van der Waals surface area contributed by atoms with Gasteiger partial charge in [-0.15, -0.1) is 6.58 Å². The lowest BCUT2D eigenvalue weighted by Gasteiger charge is -2.34. The van der Waals surface area contributed by atoms with Crippen molar-refractivity contribution in [1.29, 1.82) is 0 Å². The predicted octanol–water partition coefficient (Wildman–Crippen LogP) is 0.573. The van der Waals surface area contributed by atoms with E-state index in [1.807, 2.05) is 31.3 Å². The largest absolute Gasteiger partial charge is 0.497 e. The monoisotopic (exact) mass is 374 g/mol. The first kappa shape index (κ1) is 20.9. The number of nitrogens with one attached hydrogen (secondary N) is 1. The summed E-state index contributed by atoms with van der Waals surface area (Å²) in [5.74, 6) is 0.897. The second kappa shape index (κ2) is 10.7. The van der Waals surface area contributed by atoms with Gasteiger partial charge in [0.05, 0.1) is 20.2 Å². The Bertz CT molecular complexity index is 642. The second-order valence-corrected chi connectivity index (χ2v) is 6.75. The van der Waals surface area contributed by atoms with Gasteiger partial charge >= 0.3 is 0 Å². The summed E-state index contributed by atoms with van der Waals surface area (Å²) in [6.07, 6.45) is 1.67. The van der Waals surface area contributed by atoms with Crippen molar-refractivity contribution in [2.24, 2.45) is 0 Å². The summed E-state index contributed by atoms with van der Waals surface area (Å²) in [5, 5.41) is 2.79. The molecule has 27 heavy (non-hydrogen) atoms. The fraction of sp³-hybridized carbons (Fsp3) is 0.500. The topological polar surface area (TPSA) is 65.1 Å². The Morgan fingerprint density at radius 3 is 2.52 bits per heavy atom. The first-order valence-electron chi connectivity index (χ1n) is 9.21. The summed E-state index contributed by atoms with van der Waals surface area (Å²) in [7, 11) is 3.46. The van der Waals surface area contributed by atoms with Crippen LogP contribution in [0.3, 0.4) is 0 Å². The van der Waals surface area contributed by atoms with Gasteiger partial charge in [0.1, 0.15) is 5.75 Å². The zero-order chi connectivity index (χ0) is 19.6. The molecule has 2 rings (SSSR count). The molecule has 7 heteroatoms. The zero-order valence-electron chi connectivity index (χ0n) is 16.3. The summed E-state index contributed by atoms with van der Waals surface area (Å²) < 4.78 is 5.23. The van der Waals surface area contributed by atoms with Gasteiger partial charge in [0.2, 0.25) is 11.8 Å². The van der Waals surface area contributed by atoms with E-state index in [-0.39, 0.29) is 11.8 Å². The minimum absolute atomic E-state index is 0.0115. The van der Waals surface area contributed by atoms with Crippen LogP contribution in [0.15, 0.2) is 36.9 Å². The van der Waals surface area contributed by atoms with Crippen molar-refractivity contribution in [2.75, 3.05) is 60.0 Å². The Labute approximate surface area is 161 Å². The number of nitrogens with zero attached hydrogens (tertiary/aromatic N) is 3. The minimum atomic E-state index is 0.0115.